The lowest BCUT2D eigenvalue weighted by Crippen LogP contribution is -2.60. The van der Waals surface area contributed by atoms with E-state index >= 15 is 0 Å². The molecule has 0 aliphatic carbocycles. The number of aryl methyl sites for hydroxylation is 3. The third-order valence-electron chi connectivity index (χ3n) is 9.13. The number of hydrogen-bond donors (Lipinski definition) is 2. The summed E-state index contributed by atoms with van der Waals surface area (Å²) in [5.74, 6) is 0.468. The van der Waals surface area contributed by atoms with Crippen molar-refractivity contribution in [2.75, 3.05) is 20.3 Å². The van der Waals surface area contributed by atoms with Gasteiger partial charge in [-0.25, -0.2) is 4.79 Å². The summed E-state index contributed by atoms with van der Waals surface area (Å²) in [6.07, 6.45) is 5.63. The van der Waals surface area contributed by atoms with Gasteiger partial charge in [0.25, 0.3) is 0 Å². The number of esters is 1. The Morgan fingerprint density at radius 3 is 1.71 bits per heavy atom. The fourth-order valence-electron chi connectivity index (χ4n) is 6.55. The molecule has 63 heavy (non-hydrogen) atoms. The normalized spacial score (nSPS) is 13.6. The van der Waals surface area contributed by atoms with E-state index in [4.69, 9.17) is 25.9 Å². The molecule has 0 aromatic heterocycles. The molecule has 0 saturated heterocycles. The third-order valence-corrected chi connectivity index (χ3v) is 27.4. The Bertz CT molecular complexity index is 1780. The lowest BCUT2D eigenvalue weighted by Gasteiger charge is -2.44. The molecule has 0 spiro atoms. The second kappa shape index (κ2) is 27.3. The van der Waals surface area contributed by atoms with Crippen molar-refractivity contribution in [1.29, 1.82) is 0 Å². The van der Waals surface area contributed by atoms with Crippen LogP contribution in [0.2, 0.25) is 77.6 Å². The maximum atomic E-state index is 11.0. The number of allylic oxidation sites excluding steroid dienone is 1. The molecule has 0 heterocycles. The van der Waals surface area contributed by atoms with Crippen molar-refractivity contribution in [3.63, 3.8) is 0 Å². The van der Waals surface area contributed by atoms with Crippen molar-refractivity contribution in [2.24, 2.45) is 0 Å². The topological polar surface area (TPSA) is 131 Å². The van der Waals surface area contributed by atoms with Crippen LogP contribution in [0.4, 0.5) is 0 Å². The van der Waals surface area contributed by atoms with Crippen LogP contribution in [0.25, 0.3) is 0 Å². The number of methoxy groups -OCH3 is 1. The average Bonchev–Trinajstić information content (AvgIpc) is 3.12. The Labute approximate surface area is 387 Å². The molecule has 2 aromatic carbocycles. The summed E-state index contributed by atoms with van der Waals surface area (Å²) in [5.41, 5.74) is 4.31. The molecule has 2 N–H and O–H groups in total. The van der Waals surface area contributed by atoms with Crippen LogP contribution in [0.5, 0.6) is 5.75 Å². The molecular weight excluding hydrogens is 877 g/mol. The van der Waals surface area contributed by atoms with Gasteiger partial charge in [0.05, 0.1) is 19.2 Å². The van der Waals surface area contributed by atoms with Crippen LogP contribution in [-0.2, 0) is 48.4 Å². The van der Waals surface area contributed by atoms with Gasteiger partial charge < -0.3 is 36.6 Å². The smallest absolute Gasteiger partial charge is 0.333 e. The van der Waals surface area contributed by atoms with Gasteiger partial charge in [0.2, 0.25) is 5.91 Å². The highest BCUT2D eigenvalue weighted by Gasteiger charge is 2.48. The molecule has 0 fully saturated rings. The lowest BCUT2D eigenvalue weighted by molar-refractivity contribution is -0.139. The number of hydrogen-bond acceptors (Lipinski definition) is 10. The first-order valence-corrected chi connectivity index (χ1v) is 36.6. The Morgan fingerprint density at radius 1 is 0.730 bits per heavy atom. The summed E-state index contributed by atoms with van der Waals surface area (Å²) in [5, 5.41) is 5.44. The van der Waals surface area contributed by atoms with E-state index in [0.717, 1.165) is 49.1 Å². The van der Waals surface area contributed by atoms with Crippen molar-refractivity contribution < 1.29 is 40.3 Å². The van der Waals surface area contributed by atoms with E-state index in [9.17, 15) is 14.4 Å². The monoisotopic (exact) mass is 961 g/mol. The molecule has 2 atom stereocenters. The van der Waals surface area contributed by atoms with Crippen LogP contribution < -0.4 is 15.4 Å². The van der Waals surface area contributed by atoms with E-state index in [-0.39, 0.29) is 18.3 Å². The molecule has 16 heteroatoms. The summed E-state index contributed by atoms with van der Waals surface area (Å²) in [7, 11) is -9.45. The zero-order valence-corrected chi connectivity index (χ0v) is 47.1. The molecule has 2 rings (SSSR count). The molecule has 11 nitrogen and oxygen atoms in total. The van der Waals surface area contributed by atoms with Crippen molar-refractivity contribution in [2.45, 2.75) is 150 Å². The maximum absolute atomic E-state index is 11.0. The van der Waals surface area contributed by atoms with Crippen LogP contribution in [0.15, 0.2) is 85.6 Å². The number of ether oxygens (including phenoxy) is 2. The molecule has 2 unspecified atom stereocenters. The highest BCUT2D eigenvalue weighted by molar-refractivity contribution is 6.90. The number of benzene rings is 2. The first-order chi connectivity index (χ1) is 28.8. The minimum absolute atomic E-state index is 0.0838. The van der Waals surface area contributed by atoms with E-state index < -0.39 is 53.8 Å². The number of rotatable bonds is 25. The zero-order valence-electron chi connectivity index (χ0n) is 42.1. The van der Waals surface area contributed by atoms with E-state index in [1.807, 2.05) is 13.8 Å². The predicted molar refractivity (Wildman–Crippen MR) is 274 cm³/mol. The van der Waals surface area contributed by atoms with Gasteiger partial charge in [-0.1, -0.05) is 62.2 Å². The van der Waals surface area contributed by atoms with Crippen LogP contribution in [0.3, 0.4) is 0 Å². The van der Waals surface area contributed by atoms with Crippen LogP contribution >= 0.6 is 0 Å². The number of carbonyl (C=O) groups excluding carboxylic acids is 3. The van der Waals surface area contributed by atoms with E-state index in [1.54, 1.807) is 27.0 Å². The summed E-state index contributed by atoms with van der Waals surface area (Å²) in [6, 6.07) is 19.1. The second-order valence-corrected chi connectivity index (χ2v) is 39.3. The van der Waals surface area contributed by atoms with E-state index in [1.165, 1.54) is 18.1 Å². The highest BCUT2D eigenvalue weighted by atomic mass is 28.5. The molecule has 2 aromatic rings. The first-order valence-electron chi connectivity index (χ1n) is 21.9. The minimum Gasteiger partial charge on any atom is -0.496 e. The predicted octanol–water partition coefficient (Wildman–Crippen LogP) is 11.0. The van der Waals surface area contributed by atoms with Gasteiger partial charge in [0.15, 0.2) is 22.4 Å². The molecular formula is C47H84N2O9Si5. The van der Waals surface area contributed by atoms with Crippen molar-refractivity contribution >= 4 is 60.0 Å². The Kier molecular flexibility index (Phi) is 25.9. The van der Waals surface area contributed by atoms with Gasteiger partial charge in [0, 0.05) is 18.2 Å². The molecule has 0 bridgehead atoms. The van der Waals surface area contributed by atoms with Crippen molar-refractivity contribution in [3.8, 4) is 5.75 Å². The van der Waals surface area contributed by atoms with Gasteiger partial charge >= 0.3 is 31.7 Å². The average molecular weight is 962 g/mol. The van der Waals surface area contributed by atoms with Gasteiger partial charge in [-0.15, -0.1) is 0 Å². The van der Waals surface area contributed by atoms with Crippen LogP contribution in [0.1, 0.15) is 64.2 Å². The number of ketones is 1. The standard InChI is InChI=1S/C30H56O5Si5.C9H15NO.C8H13NO3/c1-27-22-23-29(26-30(27)31-2)21-17-24-39(11,33-37(6,7)8)35-40(12,34-38(9,10)32-36(3,4)5)25-16-20-28-18-14-13-15-19-28;1-6-7(2)10-9(4,5)8(3)11;1-6(2)8(11)12-5-4-9-7(3)10/h13-15,18-19,22-23,26H,16-17,20-21,24-25H2,1-12H3;6,10H,1-2H2,3-5H3;1,4-5H2,2-3H3,(H,9,10). The van der Waals surface area contributed by atoms with Crippen molar-refractivity contribution in [3.05, 3.63) is 102 Å². The van der Waals surface area contributed by atoms with Gasteiger partial charge in [-0.2, -0.15) is 0 Å². The van der Waals surface area contributed by atoms with Gasteiger partial charge in [-0.3, -0.25) is 9.59 Å². The molecule has 0 radical (unpaired) electrons. The first kappa shape index (κ1) is 59.8. The lowest BCUT2D eigenvalue weighted by atomic mass is 10.0. The number of amides is 1. The van der Waals surface area contributed by atoms with Crippen molar-refractivity contribution in [1.82, 2.24) is 10.6 Å². The molecule has 356 valence electrons. The quantitative estimate of drug-likeness (QED) is 0.0326. The largest absolute Gasteiger partial charge is 0.496 e. The molecule has 0 saturated carbocycles. The number of nitrogens with one attached hydrogen (secondary N) is 2. The maximum Gasteiger partial charge on any atom is 0.333 e. The Hall–Kier alpha value is -3.21. The highest BCUT2D eigenvalue weighted by Crippen LogP contribution is 2.33. The molecule has 0 aliphatic heterocycles. The third kappa shape index (κ3) is 28.3. The molecule has 0 aliphatic rings. The Balaban J connectivity index is 0.00000136. The van der Waals surface area contributed by atoms with Gasteiger partial charge in [-0.05, 0) is 167 Å². The molecule has 1 amide bonds. The van der Waals surface area contributed by atoms with E-state index in [0.29, 0.717) is 17.8 Å². The SMILES string of the molecule is C=C(C)C(=O)OCCNC(C)=O.C=CC(=C)NC(C)(C)C(C)=O.COc1cc(CCC[Si](C)(O[Si](C)(C)C)O[Si](C)(CCCc2ccccc2)O[Si](C)(C)O[Si](C)(C)C)ccc1C. The van der Waals surface area contributed by atoms with Gasteiger partial charge in [0.1, 0.15) is 12.4 Å². The summed E-state index contributed by atoms with van der Waals surface area (Å²) in [4.78, 5) is 32.1. The minimum atomic E-state index is -2.63. The van der Waals surface area contributed by atoms with E-state index in [2.05, 4.69) is 151 Å². The summed E-state index contributed by atoms with van der Waals surface area (Å²) < 4.78 is 38.3. The Morgan fingerprint density at radius 2 is 1.25 bits per heavy atom. The summed E-state index contributed by atoms with van der Waals surface area (Å²) in [6.45, 7) is 43.8. The zero-order chi connectivity index (χ0) is 48.9. The summed E-state index contributed by atoms with van der Waals surface area (Å²) >= 11 is 0. The fraction of sp³-hybridized carbons (Fsp3) is 0.553. The van der Waals surface area contributed by atoms with Crippen LogP contribution in [0, 0.1) is 6.92 Å². The number of carbonyl (C=O) groups is 3. The van der Waals surface area contributed by atoms with Crippen LogP contribution in [-0.4, -0.2) is 85.8 Å². The second-order valence-electron chi connectivity index (χ2n) is 19.2. The number of Topliss-reactive ketones (excluding diaryl/α,β-unsaturated/α-hetero) is 1. The fourth-order valence-corrected chi connectivity index (χ4v) is 30.3.